The van der Waals surface area contributed by atoms with Gasteiger partial charge in [-0.05, 0) is 29.2 Å². The molecule has 0 radical (unpaired) electrons. The largest absolute Gasteiger partial charge is 0.291 e. The van der Waals surface area contributed by atoms with Crippen LogP contribution in [0.1, 0.15) is 28.4 Å². The van der Waals surface area contributed by atoms with Crippen LogP contribution in [0.2, 0.25) is 0 Å². The monoisotopic (exact) mass is 551 g/mol. The van der Waals surface area contributed by atoms with Crippen LogP contribution in [0.15, 0.2) is 102 Å². The Morgan fingerprint density at radius 2 is 1.22 bits per heavy atom. The van der Waals surface area contributed by atoms with Crippen molar-refractivity contribution < 1.29 is 14.8 Å². The minimum absolute atomic E-state index is 0.00138. The van der Waals surface area contributed by atoms with Gasteiger partial charge in [0.2, 0.25) is 0 Å². The maximum absolute atomic E-state index is 13.9. The quantitative estimate of drug-likeness (QED) is 0.170. The van der Waals surface area contributed by atoms with Crippen molar-refractivity contribution >= 4 is 28.0 Å². The summed E-state index contributed by atoms with van der Waals surface area (Å²) in [5.41, 5.74) is 1.56. The van der Waals surface area contributed by atoms with Gasteiger partial charge in [0.1, 0.15) is 5.82 Å². The average molecular weight is 552 g/mol. The number of rotatable bonds is 9. The predicted molar refractivity (Wildman–Crippen MR) is 150 cm³/mol. The number of hydrogen-bond acceptors (Lipinski definition) is 8. The Bertz CT molecular complexity index is 1840. The van der Waals surface area contributed by atoms with E-state index in [9.17, 15) is 35.1 Å². The summed E-state index contributed by atoms with van der Waals surface area (Å²) in [6.07, 6.45) is 0.340. The van der Waals surface area contributed by atoms with E-state index in [0.29, 0.717) is 17.8 Å². The van der Waals surface area contributed by atoms with Gasteiger partial charge in [-0.3, -0.25) is 39.7 Å². The Morgan fingerprint density at radius 3 is 1.78 bits per heavy atom. The zero-order chi connectivity index (χ0) is 29.1. The molecule has 204 valence electrons. The number of nitro groups is 3. The first kappa shape index (κ1) is 26.8. The molecule has 41 heavy (non-hydrogen) atoms. The van der Waals surface area contributed by atoms with Crippen molar-refractivity contribution in [1.29, 1.82) is 0 Å². The number of nitrogens with zero attached hydrogens (tertiary/aromatic N) is 5. The van der Waals surface area contributed by atoms with Crippen LogP contribution in [0.4, 0.5) is 17.1 Å². The highest BCUT2D eigenvalue weighted by atomic mass is 16.6. The van der Waals surface area contributed by atoms with Crippen LogP contribution < -0.4 is 5.56 Å². The molecule has 0 spiro atoms. The third-order valence-electron chi connectivity index (χ3n) is 6.77. The SMILES string of the molecule is O=c1c2cc([N+](=O)[O-])ccc2nc([C@H](Cc2ccc([N+](=O)[O-])cc2)c2ccccc2)n1Cc1ccc([N+](=O)[O-])cc1. The van der Waals surface area contributed by atoms with Gasteiger partial charge >= 0.3 is 0 Å². The highest BCUT2D eigenvalue weighted by molar-refractivity contribution is 5.80. The van der Waals surface area contributed by atoms with E-state index in [0.717, 1.165) is 11.1 Å². The summed E-state index contributed by atoms with van der Waals surface area (Å²) in [5.74, 6) is -0.109. The van der Waals surface area contributed by atoms with Crippen molar-refractivity contribution in [3.63, 3.8) is 0 Å². The number of benzene rings is 4. The van der Waals surface area contributed by atoms with Crippen LogP contribution in [-0.4, -0.2) is 24.3 Å². The maximum Gasteiger partial charge on any atom is 0.270 e. The Balaban J connectivity index is 1.70. The molecule has 0 bridgehead atoms. The third kappa shape index (κ3) is 5.66. The lowest BCUT2D eigenvalue weighted by atomic mass is 9.90. The van der Waals surface area contributed by atoms with Crippen molar-refractivity contribution in [3.8, 4) is 0 Å². The molecular weight excluding hydrogens is 530 g/mol. The van der Waals surface area contributed by atoms with Crippen LogP contribution in [0.5, 0.6) is 0 Å². The second kappa shape index (κ2) is 11.1. The summed E-state index contributed by atoms with van der Waals surface area (Å²) in [5, 5.41) is 33.8. The highest BCUT2D eigenvalue weighted by Crippen LogP contribution is 2.30. The van der Waals surface area contributed by atoms with Gasteiger partial charge in [0.05, 0.1) is 32.2 Å². The van der Waals surface area contributed by atoms with Crippen molar-refractivity contribution in [1.82, 2.24) is 9.55 Å². The van der Waals surface area contributed by atoms with Crippen LogP contribution in [-0.2, 0) is 13.0 Å². The zero-order valence-electron chi connectivity index (χ0n) is 21.3. The summed E-state index contributed by atoms with van der Waals surface area (Å²) in [6, 6.07) is 25.1. The first-order chi connectivity index (χ1) is 19.7. The lowest BCUT2D eigenvalue weighted by molar-refractivity contribution is -0.385. The number of hydrogen-bond donors (Lipinski definition) is 0. The summed E-state index contributed by atoms with van der Waals surface area (Å²) >= 11 is 0. The Kier molecular flexibility index (Phi) is 7.29. The third-order valence-corrected chi connectivity index (χ3v) is 6.77. The summed E-state index contributed by atoms with van der Waals surface area (Å²) in [6.45, 7) is 0.00138. The normalized spacial score (nSPS) is 11.7. The molecule has 4 aromatic carbocycles. The molecule has 0 saturated carbocycles. The molecule has 12 nitrogen and oxygen atoms in total. The molecule has 1 aromatic heterocycles. The molecule has 1 heterocycles. The van der Waals surface area contributed by atoms with Crippen LogP contribution in [0.3, 0.4) is 0 Å². The molecule has 5 rings (SSSR count). The first-order valence-electron chi connectivity index (χ1n) is 12.4. The molecule has 0 aliphatic carbocycles. The average Bonchev–Trinajstić information content (AvgIpc) is 2.98. The van der Waals surface area contributed by atoms with E-state index in [1.165, 1.54) is 47.0 Å². The Labute approximate surface area is 231 Å². The lowest BCUT2D eigenvalue weighted by Gasteiger charge is -2.22. The Morgan fingerprint density at radius 1 is 0.683 bits per heavy atom. The van der Waals surface area contributed by atoms with Gasteiger partial charge < -0.3 is 0 Å². The molecule has 0 saturated heterocycles. The molecule has 1 atom stereocenters. The van der Waals surface area contributed by atoms with Crippen LogP contribution in [0, 0.1) is 30.3 Å². The second-order valence-electron chi connectivity index (χ2n) is 9.33. The molecule has 0 fully saturated rings. The smallest absolute Gasteiger partial charge is 0.270 e. The summed E-state index contributed by atoms with van der Waals surface area (Å²) in [7, 11) is 0. The predicted octanol–water partition coefficient (Wildman–Crippen LogP) is 5.54. The van der Waals surface area contributed by atoms with Crippen molar-refractivity contribution in [2.75, 3.05) is 0 Å². The van der Waals surface area contributed by atoms with Crippen molar-refractivity contribution in [2.24, 2.45) is 0 Å². The summed E-state index contributed by atoms with van der Waals surface area (Å²) in [4.78, 5) is 50.9. The van der Waals surface area contributed by atoms with Crippen molar-refractivity contribution in [2.45, 2.75) is 18.9 Å². The summed E-state index contributed by atoms with van der Waals surface area (Å²) < 4.78 is 1.43. The number of aromatic nitrogens is 2. The van der Waals surface area contributed by atoms with Crippen LogP contribution >= 0.6 is 0 Å². The molecule has 0 amide bonds. The molecular formula is C29H21N5O7. The van der Waals surface area contributed by atoms with E-state index in [-0.39, 0.29) is 34.5 Å². The topological polar surface area (TPSA) is 164 Å². The fraction of sp³-hybridized carbons (Fsp3) is 0.103. The van der Waals surface area contributed by atoms with Gasteiger partial charge in [0, 0.05) is 42.3 Å². The van der Waals surface area contributed by atoms with E-state index in [2.05, 4.69) is 0 Å². The fourth-order valence-corrected chi connectivity index (χ4v) is 4.70. The lowest BCUT2D eigenvalue weighted by Crippen LogP contribution is -2.28. The number of fused-ring (bicyclic) bond motifs is 1. The van der Waals surface area contributed by atoms with Crippen molar-refractivity contribution in [3.05, 3.63) is 160 Å². The van der Waals surface area contributed by atoms with E-state index in [1.807, 2.05) is 30.3 Å². The maximum atomic E-state index is 13.9. The molecule has 0 N–H and O–H groups in total. The van der Waals surface area contributed by atoms with Gasteiger partial charge in [0.15, 0.2) is 0 Å². The minimum atomic E-state index is -0.588. The zero-order valence-corrected chi connectivity index (χ0v) is 21.3. The van der Waals surface area contributed by atoms with E-state index in [4.69, 9.17) is 4.98 Å². The van der Waals surface area contributed by atoms with E-state index >= 15 is 0 Å². The molecule has 5 aromatic rings. The molecule has 0 unspecified atom stereocenters. The van der Waals surface area contributed by atoms with Crippen LogP contribution in [0.25, 0.3) is 10.9 Å². The van der Waals surface area contributed by atoms with Gasteiger partial charge in [-0.1, -0.05) is 54.6 Å². The van der Waals surface area contributed by atoms with Gasteiger partial charge in [-0.15, -0.1) is 0 Å². The first-order valence-corrected chi connectivity index (χ1v) is 12.4. The molecule has 12 heteroatoms. The second-order valence-corrected chi connectivity index (χ2v) is 9.33. The minimum Gasteiger partial charge on any atom is -0.291 e. The van der Waals surface area contributed by atoms with E-state index < -0.39 is 26.2 Å². The van der Waals surface area contributed by atoms with E-state index in [1.54, 1.807) is 24.3 Å². The Hall–Kier alpha value is -5.78. The number of nitro benzene ring substituents is 3. The fourth-order valence-electron chi connectivity index (χ4n) is 4.70. The molecule has 0 aliphatic heterocycles. The van der Waals surface area contributed by atoms with Gasteiger partial charge in [-0.2, -0.15) is 0 Å². The molecule has 0 aliphatic rings. The highest BCUT2D eigenvalue weighted by Gasteiger charge is 2.24. The van der Waals surface area contributed by atoms with Gasteiger partial charge in [-0.25, -0.2) is 4.98 Å². The standard InChI is InChI=1S/C29H21N5O7/c35-29-26-17-24(34(40)41)14-15-27(26)30-28(31(29)18-20-8-12-23(13-9-20)33(38)39)25(21-4-2-1-3-5-21)16-19-6-10-22(11-7-19)32(36)37/h1-15,17,25H,16,18H2/t25-/m1/s1. The van der Waals surface area contributed by atoms with Gasteiger partial charge in [0.25, 0.3) is 22.6 Å². The number of non-ortho nitro benzene ring substituents is 3.